The van der Waals surface area contributed by atoms with Gasteiger partial charge in [-0.25, -0.2) is 4.39 Å². The van der Waals surface area contributed by atoms with Crippen molar-refractivity contribution in [2.45, 2.75) is 76.8 Å². The molecule has 172 valence electrons. The number of methoxy groups -OCH3 is 1. The average Bonchev–Trinajstić information content (AvgIpc) is 3.45. The number of esters is 1. The van der Waals surface area contributed by atoms with Crippen molar-refractivity contribution in [3.05, 3.63) is 24.0 Å². The molecule has 0 aromatic heterocycles. The third-order valence-corrected chi connectivity index (χ3v) is 8.40. The lowest BCUT2D eigenvalue weighted by atomic mass is 9.72. The quantitative estimate of drug-likeness (QED) is 0.488. The highest BCUT2D eigenvalue weighted by Gasteiger charge is 2.48. The molecule has 0 radical (unpaired) electrons. The summed E-state index contributed by atoms with van der Waals surface area (Å²) >= 11 is 0. The molecule has 4 rings (SSSR count). The number of anilines is 1. The minimum absolute atomic E-state index is 0.107. The van der Waals surface area contributed by atoms with E-state index in [1.165, 1.54) is 26.4 Å². The Morgan fingerprint density at radius 1 is 1.26 bits per heavy atom. The van der Waals surface area contributed by atoms with Crippen molar-refractivity contribution in [3.63, 3.8) is 0 Å². The van der Waals surface area contributed by atoms with Gasteiger partial charge in [-0.3, -0.25) is 9.28 Å². The summed E-state index contributed by atoms with van der Waals surface area (Å²) in [6, 6.07) is 6.85. The number of halogens is 1. The second-order valence-electron chi connectivity index (χ2n) is 9.97. The topological polar surface area (TPSA) is 50.4 Å². The van der Waals surface area contributed by atoms with E-state index in [0.717, 1.165) is 61.9 Å². The largest absolute Gasteiger partial charge is 0.469 e. The van der Waals surface area contributed by atoms with E-state index in [1.54, 1.807) is 6.07 Å². The zero-order chi connectivity index (χ0) is 21.9. The summed E-state index contributed by atoms with van der Waals surface area (Å²) in [6.07, 6.45) is 9.29. The van der Waals surface area contributed by atoms with Crippen molar-refractivity contribution in [1.29, 1.82) is 0 Å². The Kier molecular flexibility index (Phi) is 6.87. The Morgan fingerprint density at radius 2 is 2.06 bits per heavy atom. The fourth-order valence-corrected chi connectivity index (χ4v) is 6.61. The summed E-state index contributed by atoms with van der Waals surface area (Å²) in [4.78, 5) is 12.5. The van der Waals surface area contributed by atoms with E-state index < -0.39 is 5.41 Å². The number of quaternary nitrogens is 1. The molecular weight excluding hydrogens is 393 g/mol. The van der Waals surface area contributed by atoms with E-state index in [9.17, 15) is 4.79 Å². The fraction of sp³-hybridized carbons (Fsp3) is 0.720. The minimum Gasteiger partial charge on any atom is -0.469 e. The van der Waals surface area contributed by atoms with Gasteiger partial charge in [0, 0.05) is 51.0 Å². The summed E-state index contributed by atoms with van der Waals surface area (Å²) in [5.41, 5.74) is 1.24. The van der Waals surface area contributed by atoms with Crippen molar-refractivity contribution < 1.29 is 13.9 Å². The summed E-state index contributed by atoms with van der Waals surface area (Å²) < 4.78 is 21.2. The third kappa shape index (κ3) is 4.21. The van der Waals surface area contributed by atoms with Gasteiger partial charge in [-0.05, 0) is 32.3 Å². The predicted octanol–water partition coefficient (Wildman–Crippen LogP) is 4.60. The molecule has 1 saturated carbocycles. The highest BCUT2D eigenvalue weighted by Crippen LogP contribution is 2.42. The molecule has 2 heterocycles. The van der Waals surface area contributed by atoms with Gasteiger partial charge < -0.3 is 15.4 Å². The molecule has 1 unspecified atom stereocenters. The van der Waals surface area contributed by atoms with E-state index in [-0.39, 0.29) is 11.8 Å². The molecule has 31 heavy (non-hydrogen) atoms. The zero-order valence-electron chi connectivity index (χ0n) is 19.2. The van der Waals surface area contributed by atoms with Gasteiger partial charge in [-0.2, -0.15) is 0 Å². The molecular formula is C25H39FN3O2+. The average molecular weight is 433 g/mol. The van der Waals surface area contributed by atoms with Crippen LogP contribution in [-0.2, 0) is 9.53 Å². The highest BCUT2D eigenvalue weighted by atomic mass is 19.1. The number of carbonyl (C=O) groups excluding carboxylic acids is 1. The maximum atomic E-state index is 15.2. The van der Waals surface area contributed by atoms with Crippen LogP contribution in [-0.4, -0.2) is 51.3 Å². The molecule has 2 N–H and O–H groups in total. The monoisotopic (exact) mass is 432 g/mol. The molecule has 1 aromatic carbocycles. The summed E-state index contributed by atoms with van der Waals surface area (Å²) in [7, 11) is 1.47. The second kappa shape index (κ2) is 9.45. The molecule has 6 heteroatoms. The van der Waals surface area contributed by atoms with Crippen LogP contribution >= 0.6 is 0 Å². The van der Waals surface area contributed by atoms with Crippen molar-refractivity contribution in [1.82, 2.24) is 9.80 Å². The molecule has 3 aliphatic rings. The molecule has 1 aromatic rings. The molecule has 0 amide bonds. The van der Waals surface area contributed by atoms with Gasteiger partial charge in [-0.15, -0.1) is 0 Å². The summed E-state index contributed by atoms with van der Waals surface area (Å²) in [5.74, 6) is -0.291. The van der Waals surface area contributed by atoms with Crippen molar-refractivity contribution in [3.8, 4) is 0 Å². The predicted molar refractivity (Wildman–Crippen MR) is 124 cm³/mol. The smallest absolute Gasteiger partial charge is 0.311 e. The van der Waals surface area contributed by atoms with Crippen molar-refractivity contribution in [2.24, 2.45) is 5.41 Å². The molecule has 1 aliphatic carbocycles. The van der Waals surface area contributed by atoms with Crippen LogP contribution in [0.5, 0.6) is 0 Å². The van der Waals surface area contributed by atoms with Crippen LogP contribution in [0.1, 0.15) is 64.7 Å². The van der Waals surface area contributed by atoms with Crippen LogP contribution in [0.15, 0.2) is 18.2 Å². The molecule has 3 fully saturated rings. The third-order valence-electron chi connectivity index (χ3n) is 8.40. The lowest BCUT2D eigenvalue weighted by Gasteiger charge is -2.43. The molecule has 5 nitrogen and oxygen atoms in total. The van der Waals surface area contributed by atoms with E-state index in [4.69, 9.17) is 4.74 Å². The standard InChI is InChI=1S/C25H39FN3O2/c1-19-7-6-16-29(19,21-10-14-27-18-21)20-8-9-23(22(26)17-20)28-15-13-25(24(30)31-2)11-4-3-5-12-25/h8-9,17,19,21,27-28H,3-7,10-16,18H2,1-2H3/q+1/t19-,21+,29?/m0/s1. The molecule has 2 saturated heterocycles. The number of carbonyl (C=O) groups is 1. The van der Waals surface area contributed by atoms with Crippen LogP contribution in [0.25, 0.3) is 0 Å². The van der Waals surface area contributed by atoms with E-state index in [1.807, 2.05) is 6.07 Å². The maximum Gasteiger partial charge on any atom is 0.311 e. The van der Waals surface area contributed by atoms with E-state index in [0.29, 0.717) is 30.7 Å². The summed E-state index contributed by atoms with van der Waals surface area (Å²) in [5, 5.41) is 6.78. The van der Waals surface area contributed by atoms with E-state index >= 15 is 4.39 Å². The van der Waals surface area contributed by atoms with Gasteiger partial charge in [0.25, 0.3) is 0 Å². The maximum absolute atomic E-state index is 15.2. The first kappa shape index (κ1) is 22.5. The number of hydrogen-bond donors (Lipinski definition) is 2. The van der Waals surface area contributed by atoms with E-state index in [2.05, 4.69) is 23.6 Å². The van der Waals surface area contributed by atoms with Crippen LogP contribution in [0.4, 0.5) is 15.8 Å². The molecule has 3 atom stereocenters. The van der Waals surface area contributed by atoms with Gasteiger partial charge in [0.2, 0.25) is 0 Å². The number of ether oxygens (including phenoxy) is 1. The summed E-state index contributed by atoms with van der Waals surface area (Å²) in [6.45, 7) is 6.07. The van der Waals surface area contributed by atoms with Gasteiger partial charge >= 0.3 is 5.97 Å². The fourth-order valence-electron chi connectivity index (χ4n) is 6.61. The zero-order valence-corrected chi connectivity index (χ0v) is 19.2. The number of rotatable bonds is 7. The first-order chi connectivity index (χ1) is 15.0. The normalized spacial score (nSPS) is 30.3. The minimum atomic E-state index is -0.411. The van der Waals surface area contributed by atoms with Gasteiger partial charge in [-0.1, -0.05) is 19.3 Å². The second-order valence-corrected chi connectivity index (χ2v) is 9.97. The Hall–Kier alpha value is -1.66. The van der Waals surface area contributed by atoms with Gasteiger partial charge in [0.15, 0.2) is 5.82 Å². The Bertz CT molecular complexity index is 774. The van der Waals surface area contributed by atoms with Gasteiger partial charge in [0.05, 0.1) is 30.8 Å². The number of benzene rings is 1. The first-order valence-electron chi connectivity index (χ1n) is 12.2. The van der Waals surface area contributed by atoms with Crippen molar-refractivity contribution in [2.75, 3.05) is 38.6 Å². The number of nitrogens with one attached hydrogen (secondary N) is 2. The highest BCUT2D eigenvalue weighted by molar-refractivity contribution is 5.77. The Balaban J connectivity index is 1.47. The molecule has 2 aliphatic heterocycles. The Morgan fingerprint density at radius 3 is 2.68 bits per heavy atom. The van der Waals surface area contributed by atoms with Crippen LogP contribution in [0.2, 0.25) is 0 Å². The first-order valence-corrected chi connectivity index (χ1v) is 12.2. The van der Waals surface area contributed by atoms with Crippen LogP contribution < -0.4 is 15.1 Å². The number of hydrogen-bond acceptors (Lipinski definition) is 4. The van der Waals surface area contributed by atoms with Crippen LogP contribution in [0.3, 0.4) is 0 Å². The Labute approximate surface area is 186 Å². The number of likely N-dealkylation sites (tertiary alicyclic amines) is 1. The number of nitrogens with zero attached hydrogens (tertiary/aromatic N) is 1. The van der Waals surface area contributed by atoms with Crippen molar-refractivity contribution >= 4 is 17.3 Å². The molecule has 0 spiro atoms. The SMILES string of the molecule is COC(=O)C1(CCNc2ccc([N+]3([C@@H]4CCNC4)CCC[C@@H]3C)cc2F)CCCCC1. The van der Waals surface area contributed by atoms with Gasteiger partial charge in [0.1, 0.15) is 11.7 Å². The lowest BCUT2D eigenvalue weighted by Crippen LogP contribution is -2.59. The van der Waals surface area contributed by atoms with Crippen LogP contribution in [0, 0.1) is 11.2 Å². The lowest BCUT2D eigenvalue weighted by molar-refractivity contribution is -0.155. The molecule has 0 bridgehead atoms.